The zero-order valence-electron chi connectivity index (χ0n) is 13.5. The van der Waals surface area contributed by atoms with Gasteiger partial charge in [0, 0.05) is 11.1 Å². The van der Waals surface area contributed by atoms with E-state index in [1.54, 1.807) is 24.3 Å². The van der Waals surface area contributed by atoms with Crippen LogP contribution in [0.3, 0.4) is 0 Å². The van der Waals surface area contributed by atoms with Crippen LogP contribution in [0.25, 0.3) is 10.8 Å². The summed E-state index contributed by atoms with van der Waals surface area (Å²) in [5, 5.41) is 6.58. The maximum Gasteiger partial charge on any atom is 0.285 e. The van der Waals surface area contributed by atoms with E-state index in [9.17, 15) is 8.42 Å². The fourth-order valence-corrected chi connectivity index (χ4v) is 4.10. The minimum absolute atomic E-state index is 0.204. The van der Waals surface area contributed by atoms with Crippen molar-refractivity contribution in [2.24, 2.45) is 9.50 Å². The molecule has 1 heterocycles. The van der Waals surface area contributed by atoms with Gasteiger partial charge in [-0.2, -0.15) is 13.5 Å². The Bertz CT molecular complexity index is 1140. The first-order valence-electron chi connectivity index (χ1n) is 7.79. The van der Waals surface area contributed by atoms with Gasteiger partial charge in [-0.1, -0.05) is 54.6 Å². The molecule has 1 N–H and O–H groups in total. The molecule has 4 rings (SSSR count). The highest BCUT2D eigenvalue weighted by Crippen LogP contribution is 2.25. The normalized spacial score (nSPS) is 15.7. The molecular weight excluding hydrogens is 334 g/mol. The quantitative estimate of drug-likeness (QED) is 0.570. The van der Waals surface area contributed by atoms with Gasteiger partial charge in [-0.25, -0.2) is 0 Å². The molecule has 1 aliphatic heterocycles. The summed E-state index contributed by atoms with van der Waals surface area (Å²) < 4.78 is 27.9. The SMILES string of the molecule is CC(=NNC1=NS(=O)(=O)c2ccccc21)c1cccc2ccccc12. The van der Waals surface area contributed by atoms with Gasteiger partial charge in [-0.3, -0.25) is 5.43 Å². The molecule has 6 heteroatoms. The van der Waals surface area contributed by atoms with Gasteiger partial charge in [-0.05, 0) is 29.8 Å². The van der Waals surface area contributed by atoms with Crippen LogP contribution in [0.1, 0.15) is 18.1 Å². The third-order valence-corrected chi connectivity index (χ3v) is 5.48. The van der Waals surface area contributed by atoms with Gasteiger partial charge in [0.1, 0.15) is 4.90 Å². The zero-order valence-corrected chi connectivity index (χ0v) is 14.3. The second kappa shape index (κ2) is 5.82. The first-order chi connectivity index (χ1) is 12.1. The van der Waals surface area contributed by atoms with Crippen LogP contribution in [0.15, 0.2) is 81.1 Å². The molecule has 25 heavy (non-hydrogen) atoms. The summed E-state index contributed by atoms with van der Waals surface area (Å²) in [7, 11) is -3.65. The minimum atomic E-state index is -3.65. The van der Waals surface area contributed by atoms with Crippen LogP contribution >= 0.6 is 0 Å². The Labute approximate surface area is 145 Å². The highest BCUT2D eigenvalue weighted by molar-refractivity contribution is 7.90. The predicted molar refractivity (Wildman–Crippen MR) is 99.5 cm³/mol. The Morgan fingerprint density at radius 3 is 2.56 bits per heavy atom. The molecule has 5 nitrogen and oxygen atoms in total. The van der Waals surface area contributed by atoms with Crippen molar-refractivity contribution in [3.63, 3.8) is 0 Å². The van der Waals surface area contributed by atoms with E-state index in [-0.39, 0.29) is 10.7 Å². The summed E-state index contributed by atoms with van der Waals surface area (Å²) >= 11 is 0. The van der Waals surface area contributed by atoms with Crippen LogP contribution in [0.2, 0.25) is 0 Å². The Hall–Kier alpha value is -2.99. The number of amidine groups is 1. The molecule has 3 aromatic rings. The molecule has 1 aliphatic rings. The Kier molecular flexibility index (Phi) is 3.62. The molecule has 0 unspecified atom stereocenters. The molecule has 0 aliphatic carbocycles. The van der Waals surface area contributed by atoms with Gasteiger partial charge in [0.05, 0.1) is 5.71 Å². The Morgan fingerprint density at radius 1 is 0.960 bits per heavy atom. The molecule has 0 atom stereocenters. The molecule has 0 amide bonds. The maximum atomic E-state index is 12.1. The van der Waals surface area contributed by atoms with Crippen molar-refractivity contribution in [3.8, 4) is 0 Å². The van der Waals surface area contributed by atoms with Crippen LogP contribution < -0.4 is 5.43 Å². The molecule has 3 aromatic carbocycles. The number of benzene rings is 3. The topological polar surface area (TPSA) is 70.9 Å². The maximum absolute atomic E-state index is 12.1. The molecule has 0 radical (unpaired) electrons. The summed E-state index contributed by atoms with van der Waals surface area (Å²) in [6.07, 6.45) is 0. The molecular formula is C19H15N3O2S. The van der Waals surface area contributed by atoms with E-state index in [1.807, 2.05) is 49.4 Å². The monoisotopic (exact) mass is 349 g/mol. The average Bonchev–Trinajstić information content (AvgIpc) is 2.90. The fraction of sp³-hybridized carbons (Fsp3) is 0.0526. The summed E-state index contributed by atoms with van der Waals surface area (Å²) in [4.78, 5) is 0.204. The molecule has 0 aromatic heterocycles. The number of hydrogen-bond donors (Lipinski definition) is 1. The van der Waals surface area contributed by atoms with Gasteiger partial charge in [0.15, 0.2) is 5.84 Å². The van der Waals surface area contributed by atoms with Gasteiger partial charge in [0.2, 0.25) is 0 Å². The lowest BCUT2D eigenvalue weighted by Gasteiger charge is -2.07. The second-order valence-electron chi connectivity index (χ2n) is 5.75. The number of nitrogens with one attached hydrogen (secondary N) is 1. The van der Waals surface area contributed by atoms with Crippen molar-refractivity contribution < 1.29 is 8.42 Å². The largest absolute Gasteiger partial charge is 0.285 e. The van der Waals surface area contributed by atoms with Crippen molar-refractivity contribution in [3.05, 3.63) is 77.9 Å². The van der Waals surface area contributed by atoms with Gasteiger partial charge in [0.25, 0.3) is 10.0 Å². The minimum Gasteiger partial charge on any atom is -0.260 e. The first kappa shape index (κ1) is 15.5. The van der Waals surface area contributed by atoms with E-state index >= 15 is 0 Å². The predicted octanol–water partition coefficient (Wildman–Crippen LogP) is 3.30. The van der Waals surface area contributed by atoms with Gasteiger partial charge < -0.3 is 0 Å². The van der Waals surface area contributed by atoms with E-state index in [0.29, 0.717) is 5.56 Å². The van der Waals surface area contributed by atoms with Crippen LogP contribution in [0.4, 0.5) is 0 Å². The van der Waals surface area contributed by atoms with Crippen molar-refractivity contribution >= 4 is 32.3 Å². The third-order valence-electron chi connectivity index (χ3n) is 4.14. The van der Waals surface area contributed by atoms with Crippen molar-refractivity contribution in [1.82, 2.24) is 5.43 Å². The Morgan fingerprint density at radius 2 is 1.68 bits per heavy atom. The van der Waals surface area contributed by atoms with Crippen molar-refractivity contribution in [1.29, 1.82) is 0 Å². The Balaban J connectivity index is 1.71. The van der Waals surface area contributed by atoms with E-state index in [2.05, 4.69) is 14.9 Å². The molecule has 0 bridgehead atoms. The van der Waals surface area contributed by atoms with Crippen molar-refractivity contribution in [2.75, 3.05) is 0 Å². The molecule has 0 fully saturated rings. The first-order valence-corrected chi connectivity index (χ1v) is 9.23. The van der Waals surface area contributed by atoms with Crippen LogP contribution in [-0.2, 0) is 10.0 Å². The molecule has 0 saturated carbocycles. The third kappa shape index (κ3) is 2.70. The highest BCUT2D eigenvalue weighted by atomic mass is 32.2. The summed E-state index contributed by atoms with van der Waals surface area (Å²) in [5.74, 6) is 0.246. The summed E-state index contributed by atoms with van der Waals surface area (Å²) in [5.41, 5.74) is 5.09. The molecule has 124 valence electrons. The zero-order chi connectivity index (χ0) is 17.4. The lowest BCUT2D eigenvalue weighted by atomic mass is 10.0. The second-order valence-corrected chi connectivity index (χ2v) is 7.32. The number of rotatable bonds is 2. The van der Waals surface area contributed by atoms with Crippen molar-refractivity contribution in [2.45, 2.75) is 11.8 Å². The van der Waals surface area contributed by atoms with Crippen LogP contribution in [-0.4, -0.2) is 20.0 Å². The molecule has 0 saturated heterocycles. The number of hydrazone groups is 1. The van der Waals surface area contributed by atoms with Gasteiger partial charge >= 0.3 is 0 Å². The number of hydrogen-bond acceptors (Lipinski definition) is 4. The number of fused-ring (bicyclic) bond motifs is 2. The molecule has 0 spiro atoms. The van der Waals surface area contributed by atoms with E-state index in [0.717, 1.165) is 22.0 Å². The van der Waals surface area contributed by atoms with E-state index in [1.165, 1.54) is 0 Å². The number of nitrogens with zero attached hydrogens (tertiary/aromatic N) is 2. The van der Waals surface area contributed by atoms with Gasteiger partial charge in [-0.15, -0.1) is 4.40 Å². The van der Waals surface area contributed by atoms with E-state index in [4.69, 9.17) is 0 Å². The standard InChI is InChI=1S/C19H15N3O2S/c1-13(15-11-6-8-14-7-2-3-9-16(14)15)20-21-19-17-10-4-5-12-18(17)25(23,24)22-19/h2-12H,1H3,(H,21,22). The van der Waals surface area contributed by atoms with Crippen LogP contribution in [0, 0.1) is 0 Å². The highest BCUT2D eigenvalue weighted by Gasteiger charge is 2.28. The lowest BCUT2D eigenvalue weighted by Crippen LogP contribution is -2.19. The smallest absolute Gasteiger partial charge is 0.260 e. The lowest BCUT2D eigenvalue weighted by molar-refractivity contribution is 0.599. The fourth-order valence-electron chi connectivity index (χ4n) is 2.92. The summed E-state index contributed by atoms with van der Waals surface area (Å²) in [6, 6.07) is 20.8. The van der Waals surface area contributed by atoms with Crippen LogP contribution in [0.5, 0.6) is 0 Å². The summed E-state index contributed by atoms with van der Waals surface area (Å²) in [6.45, 7) is 1.88. The number of sulfonamides is 1. The van der Waals surface area contributed by atoms with E-state index < -0.39 is 10.0 Å². The average molecular weight is 349 g/mol.